The van der Waals surface area contributed by atoms with E-state index in [0.717, 1.165) is 6.08 Å². The molecule has 1 aromatic heterocycles. The highest BCUT2D eigenvalue weighted by atomic mass is 32.2. The first-order valence-electron chi connectivity index (χ1n) is 9.11. The second-order valence-corrected chi connectivity index (χ2v) is 8.30. The third-order valence-electron chi connectivity index (χ3n) is 4.24. The highest BCUT2D eigenvalue weighted by molar-refractivity contribution is 7.92. The number of carbonyl (C=O) groups excluding carboxylic acids is 1. The van der Waals surface area contributed by atoms with E-state index in [2.05, 4.69) is 0 Å². The molecule has 0 fully saturated rings. The van der Waals surface area contributed by atoms with Gasteiger partial charge in [0.2, 0.25) is 0 Å². The van der Waals surface area contributed by atoms with E-state index >= 15 is 0 Å². The number of benzene rings is 2. The van der Waals surface area contributed by atoms with Gasteiger partial charge in [0.05, 0.1) is 13.7 Å². The van der Waals surface area contributed by atoms with Gasteiger partial charge in [-0.3, -0.25) is 4.79 Å². The lowest BCUT2D eigenvalue weighted by Crippen LogP contribution is -2.21. The van der Waals surface area contributed by atoms with Gasteiger partial charge >= 0.3 is 5.63 Å². The number of hydrogen-bond donors (Lipinski definition) is 0. The van der Waals surface area contributed by atoms with E-state index in [9.17, 15) is 18.0 Å². The fourth-order valence-electron chi connectivity index (χ4n) is 2.80. The SMILES string of the molecule is CCOc1cccc2cc(S(=O)(=O)CC(=O)/C=C/c3ccc(OC)cc3)c(=O)oc12. The highest BCUT2D eigenvalue weighted by Gasteiger charge is 2.24. The van der Waals surface area contributed by atoms with Gasteiger partial charge in [0.1, 0.15) is 11.5 Å². The predicted molar refractivity (Wildman–Crippen MR) is 113 cm³/mol. The Morgan fingerprint density at radius 3 is 2.53 bits per heavy atom. The van der Waals surface area contributed by atoms with Crippen LogP contribution in [0.1, 0.15) is 12.5 Å². The van der Waals surface area contributed by atoms with Crippen LogP contribution >= 0.6 is 0 Å². The summed E-state index contributed by atoms with van der Waals surface area (Å²) in [5.74, 6) is -0.499. The largest absolute Gasteiger partial charge is 0.497 e. The second kappa shape index (κ2) is 8.96. The van der Waals surface area contributed by atoms with Crippen LogP contribution in [0.2, 0.25) is 0 Å². The maximum absolute atomic E-state index is 12.7. The van der Waals surface area contributed by atoms with E-state index in [0.29, 0.717) is 29.1 Å². The Morgan fingerprint density at radius 1 is 1.13 bits per heavy atom. The number of allylic oxidation sites excluding steroid dienone is 1. The maximum Gasteiger partial charge on any atom is 0.355 e. The summed E-state index contributed by atoms with van der Waals surface area (Å²) in [5.41, 5.74) is -0.175. The minimum absolute atomic E-state index is 0.161. The van der Waals surface area contributed by atoms with Crippen LogP contribution in [-0.4, -0.2) is 33.7 Å². The summed E-state index contributed by atoms with van der Waals surface area (Å²) in [7, 11) is -2.65. The highest BCUT2D eigenvalue weighted by Crippen LogP contribution is 2.26. The summed E-state index contributed by atoms with van der Waals surface area (Å²) in [6.07, 6.45) is 2.66. The molecule has 0 bridgehead atoms. The Bertz CT molecular complexity index is 1250. The van der Waals surface area contributed by atoms with Crippen molar-refractivity contribution in [1.82, 2.24) is 0 Å². The van der Waals surface area contributed by atoms with E-state index < -0.39 is 31.9 Å². The third kappa shape index (κ3) is 4.77. The molecule has 2 aromatic carbocycles. The lowest BCUT2D eigenvalue weighted by atomic mass is 10.2. The summed E-state index contributed by atoms with van der Waals surface area (Å²) < 4.78 is 40.9. The number of sulfone groups is 1. The maximum atomic E-state index is 12.7. The number of fused-ring (bicyclic) bond motifs is 1. The molecule has 0 aliphatic rings. The lowest BCUT2D eigenvalue weighted by Gasteiger charge is -2.07. The molecule has 0 aliphatic carbocycles. The number of ketones is 1. The molecule has 0 amide bonds. The number of hydrogen-bond acceptors (Lipinski definition) is 7. The van der Waals surface area contributed by atoms with Crippen LogP contribution in [0, 0.1) is 0 Å². The van der Waals surface area contributed by atoms with Crippen molar-refractivity contribution in [2.45, 2.75) is 11.8 Å². The molecule has 0 radical (unpaired) electrons. The molecule has 0 saturated heterocycles. The molecule has 0 atom stereocenters. The zero-order valence-electron chi connectivity index (χ0n) is 16.5. The molecule has 0 unspecified atom stereocenters. The molecule has 3 rings (SSSR count). The summed E-state index contributed by atoms with van der Waals surface area (Å²) >= 11 is 0. The minimum atomic E-state index is -4.19. The Balaban J connectivity index is 1.84. The van der Waals surface area contributed by atoms with E-state index in [4.69, 9.17) is 13.9 Å². The van der Waals surface area contributed by atoms with Crippen molar-refractivity contribution in [3.8, 4) is 11.5 Å². The third-order valence-corrected chi connectivity index (χ3v) is 5.86. The molecule has 1 heterocycles. The number of carbonyl (C=O) groups is 1. The Hall–Kier alpha value is -3.39. The van der Waals surface area contributed by atoms with E-state index in [1.165, 1.54) is 12.1 Å². The molecule has 0 aliphatic heterocycles. The monoisotopic (exact) mass is 428 g/mol. The van der Waals surface area contributed by atoms with Gasteiger partial charge in [-0.15, -0.1) is 0 Å². The topological polar surface area (TPSA) is 99.9 Å². The van der Waals surface area contributed by atoms with Gasteiger partial charge in [-0.2, -0.15) is 0 Å². The second-order valence-electron chi connectivity index (χ2n) is 6.34. The summed E-state index contributed by atoms with van der Waals surface area (Å²) in [6, 6.07) is 13.0. The van der Waals surface area contributed by atoms with Gasteiger partial charge in [-0.1, -0.05) is 30.3 Å². The van der Waals surface area contributed by atoms with Crippen molar-refractivity contribution in [3.63, 3.8) is 0 Å². The van der Waals surface area contributed by atoms with Crippen LogP contribution in [0.25, 0.3) is 17.0 Å². The average Bonchev–Trinajstić information content (AvgIpc) is 2.72. The van der Waals surface area contributed by atoms with Crippen LogP contribution in [0.5, 0.6) is 11.5 Å². The Kier molecular flexibility index (Phi) is 6.37. The van der Waals surface area contributed by atoms with Crippen LogP contribution < -0.4 is 15.1 Å². The standard InChI is InChI=1S/C22H20O7S/c1-3-28-19-6-4-5-16-13-20(22(24)29-21(16)19)30(25,26)14-17(23)10-7-15-8-11-18(27-2)12-9-15/h4-13H,3,14H2,1-2H3/b10-7+. The zero-order chi connectivity index (χ0) is 21.7. The summed E-state index contributed by atoms with van der Waals surface area (Å²) in [5, 5.41) is 0.389. The lowest BCUT2D eigenvalue weighted by molar-refractivity contribution is -0.112. The van der Waals surface area contributed by atoms with Gasteiger partial charge < -0.3 is 13.9 Å². The molecule has 30 heavy (non-hydrogen) atoms. The molecule has 0 spiro atoms. The van der Waals surface area contributed by atoms with Gasteiger partial charge in [-0.25, -0.2) is 13.2 Å². The van der Waals surface area contributed by atoms with Crippen molar-refractivity contribution in [1.29, 1.82) is 0 Å². The number of methoxy groups -OCH3 is 1. The number of ether oxygens (including phenoxy) is 2. The van der Waals surface area contributed by atoms with Crippen molar-refractivity contribution in [2.24, 2.45) is 0 Å². The van der Waals surface area contributed by atoms with Gasteiger partial charge in [0.15, 0.2) is 31.8 Å². The molecule has 0 saturated carbocycles. The first-order valence-corrected chi connectivity index (χ1v) is 10.8. The van der Waals surface area contributed by atoms with E-state index in [-0.39, 0.29) is 5.58 Å². The minimum Gasteiger partial charge on any atom is -0.497 e. The van der Waals surface area contributed by atoms with Gasteiger partial charge in [-0.05, 0) is 42.8 Å². The first-order chi connectivity index (χ1) is 14.3. The molecular formula is C22H20O7S. The van der Waals surface area contributed by atoms with Crippen LogP contribution in [0.15, 0.2) is 68.7 Å². The van der Waals surface area contributed by atoms with Crippen LogP contribution in [0.4, 0.5) is 0 Å². The van der Waals surface area contributed by atoms with Crippen molar-refractivity contribution >= 4 is 32.7 Å². The molecule has 156 valence electrons. The van der Waals surface area contributed by atoms with Crippen LogP contribution in [-0.2, 0) is 14.6 Å². The van der Waals surface area contributed by atoms with Crippen molar-refractivity contribution in [3.05, 3.63) is 70.6 Å². The predicted octanol–water partition coefficient (Wildman–Crippen LogP) is 3.26. The fraction of sp³-hybridized carbons (Fsp3) is 0.182. The Morgan fingerprint density at radius 2 is 1.87 bits per heavy atom. The average molecular weight is 428 g/mol. The summed E-state index contributed by atoms with van der Waals surface area (Å²) in [6.45, 7) is 2.14. The van der Waals surface area contributed by atoms with Gasteiger partial charge in [0, 0.05) is 5.39 Å². The van der Waals surface area contributed by atoms with Crippen LogP contribution in [0.3, 0.4) is 0 Å². The smallest absolute Gasteiger partial charge is 0.355 e. The Labute approximate surface area is 173 Å². The molecule has 8 heteroatoms. The van der Waals surface area contributed by atoms with Crippen molar-refractivity contribution in [2.75, 3.05) is 19.5 Å². The van der Waals surface area contributed by atoms with E-state index in [1.54, 1.807) is 56.5 Å². The van der Waals surface area contributed by atoms with Crippen molar-refractivity contribution < 1.29 is 27.1 Å². The quantitative estimate of drug-likeness (QED) is 0.401. The molecular weight excluding hydrogens is 408 g/mol. The fourth-order valence-corrected chi connectivity index (χ4v) is 4.03. The molecule has 7 nitrogen and oxygen atoms in total. The summed E-state index contributed by atoms with van der Waals surface area (Å²) in [4.78, 5) is 24.0. The zero-order valence-corrected chi connectivity index (χ0v) is 17.3. The van der Waals surface area contributed by atoms with Gasteiger partial charge in [0.25, 0.3) is 0 Å². The molecule has 3 aromatic rings. The normalized spacial score (nSPS) is 11.7. The first kappa shape index (κ1) is 21.3. The number of para-hydroxylation sites is 1. The van der Waals surface area contributed by atoms with E-state index in [1.807, 2.05) is 0 Å². The molecule has 0 N–H and O–H groups in total. The number of rotatable bonds is 8.